The van der Waals surface area contributed by atoms with Gasteiger partial charge < -0.3 is 9.64 Å². The van der Waals surface area contributed by atoms with Gasteiger partial charge in [-0.25, -0.2) is 4.79 Å². The molecule has 1 aliphatic rings. The van der Waals surface area contributed by atoms with Crippen molar-refractivity contribution in [2.24, 2.45) is 0 Å². The summed E-state index contributed by atoms with van der Waals surface area (Å²) in [5.74, 6) is -0.0575. The number of thiol groups is 1. The summed E-state index contributed by atoms with van der Waals surface area (Å²) in [5, 5.41) is 0. The molecule has 13 heavy (non-hydrogen) atoms. The van der Waals surface area contributed by atoms with Crippen LogP contribution in [0.5, 0.6) is 0 Å². The molecule has 1 amide bonds. The molecule has 0 aromatic carbocycles. The molecular weight excluding hydrogens is 190 g/mol. The van der Waals surface area contributed by atoms with Gasteiger partial charge in [0, 0.05) is 6.42 Å². The number of hydrogen-bond donors (Lipinski definition) is 1. The second-order valence-electron chi connectivity index (χ2n) is 2.81. The summed E-state index contributed by atoms with van der Waals surface area (Å²) in [7, 11) is 0. The third-order valence-corrected chi connectivity index (χ3v) is 2.34. The van der Waals surface area contributed by atoms with Crippen molar-refractivity contribution in [3.63, 3.8) is 0 Å². The van der Waals surface area contributed by atoms with Crippen LogP contribution in [-0.4, -0.2) is 35.3 Å². The Kier molecular flexibility index (Phi) is 3.59. The largest absolute Gasteiger partial charge is 0.464 e. The smallest absolute Gasteiger partial charge is 0.328 e. The van der Waals surface area contributed by atoms with E-state index in [4.69, 9.17) is 4.74 Å². The zero-order chi connectivity index (χ0) is 9.84. The Bertz CT molecular complexity index is 219. The highest BCUT2D eigenvalue weighted by molar-refractivity contribution is 7.80. The van der Waals surface area contributed by atoms with Gasteiger partial charge in [0.1, 0.15) is 6.04 Å². The fourth-order valence-corrected chi connectivity index (χ4v) is 1.75. The third kappa shape index (κ3) is 2.15. The van der Waals surface area contributed by atoms with Crippen LogP contribution in [0.25, 0.3) is 0 Å². The first-order valence-electron chi connectivity index (χ1n) is 4.27. The summed E-state index contributed by atoms with van der Waals surface area (Å²) in [4.78, 5) is 23.9. The quantitative estimate of drug-likeness (QED) is 0.534. The summed E-state index contributed by atoms with van der Waals surface area (Å²) in [5.41, 5.74) is 0. The van der Waals surface area contributed by atoms with E-state index in [-0.39, 0.29) is 17.8 Å². The standard InChI is InChI=1S/C8H13NO3S/c1-2-12-8(11)6-3-4-7(10)9(6)5-13/h6,13H,2-5H2,1H3. The number of ether oxygens (including phenoxy) is 1. The second kappa shape index (κ2) is 4.50. The molecule has 0 aromatic rings. The van der Waals surface area contributed by atoms with Crippen LogP contribution in [0.4, 0.5) is 0 Å². The van der Waals surface area contributed by atoms with Crippen molar-refractivity contribution >= 4 is 24.5 Å². The maximum Gasteiger partial charge on any atom is 0.328 e. The Morgan fingerprint density at radius 1 is 1.77 bits per heavy atom. The minimum absolute atomic E-state index is 0.0203. The van der Waals surface area contributed by atoms with Crippen molar-refractivity contribution in [2.75, 3.05) is 12.5 Å². The predicted molar refractivity (Wildman–Crippen MR) is 50.4 cm³/mol. The summed E-state index contributed by atoms with van der Waals surface area (Å²) < 4.78 is 4.84. The number of carbonyl (C=O) groups is 2. The molecule has 5 heteroatoms. The third-order valence-electron chi connectivity index (χ3n) is 2.04. The maximum absolute atomic E-state index is 11.3. The number of rotatable bonds is 3. The van der Waals surface area contributed by atoms with Crippen LogP contribution >= 0.6 is 12.6 Å². The highest BCUT2D eigenvalue weighted by atomic mass is 32.1. The van der Waals surface area contributed by atoms with E-state index in [1.165, 1.54) is 4.90 Å². The molecule has 1 heterocycles. The lowest BCUT2D eigenvalue weighted by atomic mass is 10.2. The highest BCUT2D eigenvalue weighted by Gasteiger charge is 2.35. The Hall–Kier alpha value is -0.710. The normalized spacial score (nSPS) is 22.2. The van der Waals surface area contributed by atoms with Crippen LogP contribution in [0.2, 0.25) is 0 Å². The van der Waals surface area contributed by atoms with Gasteiger partial charge in [-0.2, -0.15) is 12.6 Å². The van der Waals surface area contributed by atoms with E-state index in [9.17, 15) is 9.59 Å². The maximum atomic E-state index is 11.3. The minimum atomic E-state index is -0.412. The Morgan fingerprint density at radius 2 is 2.46 bits per heavy atom. The lowest BCUT2D eigenvalue weighted by Crippen LogP contribution is -2.38. The molecule has 0 aromatic heterocycles. The molecule has 0 saturated carbocycles. The molecule has 74 valence electrons. The van der Waals surface area contributed by atoms with Crippen LogP contribution in [-0.2, 0) is 14.3 Å². The number of amides is 1. The Balaban J connectivity index is 2.59. The predicted octanol–water partition coefficient (Wildman–Crippen LogP) is 0.428. The topological polar surface area (TPSA) is 46.6 Å². The van der Waals surface area contributed by atoms with E-state index >= 15 is 0 Å². The number of hydrogen-bond acceptors (Lipinski definition) is 4. The van der Waals surface area contributed by atoms with Gasteiger partial charge in [0.25, 0.3) is 0 Å². The van der Waals surface area contributed by atoms with Crippen LogP contribution in [0.3, 0.4) is 0 Å². The fourth-order valence-electron chi connectivity index (χ4n) is 1.39. The molecule has 1 rings (SSSR count). The number of nitrogens with zero attached hydrogens (tertiary/aromatic N) is 1. The zero-order valence-corrected chi connectivity index (χ0v) is 8.42. The van der Waals surface area contributed by atoms with Gasteiger partial charge in [0.15, 0.2) is 0 Å². The molecule has 1 fully saturated rings. The highest BCUT2D eigenvalue weighted by Crippen LogP contribution is 2.19. The first-order chi connectivity index (χ1) is 6.20. The average Bonchev–Trinajstić information content (AvgIpc) is 2.47. The van der Waals surface area contributed by atoms with Gasteiger partial charge in [0.05, 0.1) is 12.5 Å². The van der Waals surface area contributed by atoms with Gasteiger partial charge in [0.2, 0.25) is 5.91 Å². The molecule has 1 aliphatic heterocycles. The lowest BCUT2D eigenvalue weighted by molar-refractivity contribution is -0.150. The van der Waals surface area contributed by atoms with Crippen LogP contribution in [0, 0.1) is 0 Å². The van der Waals surface area contributed by atoms with E-state index in [0.29, 0.717) is 19.4 Å². The molecule has 0 spiro atoms. The van der Waals surface area contributed by atoms with Crippen LogP contribution in [0.1, 0.15) is 19.8 Å². The summed E-state index contributed by atoms with van der Waals surface area (Å²) in [6.07, 6.45) is 0.974. The van der Waals surface area contributed by atoms with Crippen molar-refractivity contribution in [3.8, 4) is 0 Å². The SMILES string of the molecule is CCOC(=O)C1CCC(=O)N1CS. The zero-order valence-electron chi connectivity index (χ0n) is 7.52. The number of carbonyl (C=O) groups excluding carboxylic acids is 2. The average molecular weight is 203 g/mol. The number of likely N-dealkylation sites (tertiary alicyclic amines) is 1. The van der Waals surface area contributed by atoms with Crippen LogP contribution in [0.15, 0.2) is 0 Å². The minimum Gasteiger partial charge on any atom is -0.464 e. The molecule has 4 nitrogen and oxygen atoms in total. The van der Waals surface area contributed by atoms with Crippen molar-refractivity contribution in [1.82, 2.24) is 4.90 Å². The van der Waals surface area contributed by atoms with E-state index < -0.39 is 6.04 Å². The van der Waals surface area contributed by atoms with E-state index in [1.807, 2.05) is 0 Å². The van der Waals surface area contributed by atoms with Crippen molar-refractivity contribution in [1.29, 1.82) is 0 Å². The summed E-state index contributed by atoms with van der Waals surface area (Å²) in [6.45, 7) is 2.10. The Labute approximate surface area is 82.6 Å². The van der Waals surface area contributed by atoms with Crippen molar-refractivity contribution in [2.45, 2.75) is 25.8 Å². The molecule has 1 atom stereocenters. The summed E-state index contributed by atoms with van der Waals surface area (Å²) in [6, 6.07) is -0.412. The monoisotopic (exact) mass is 203 g/mol. The van der Waals surface area contributed by atoms with Gasteiger partial charge in [-0.05, 0) is 13.3 Å². The Morgan fingerprint density at radius 3 is 3.00 bits per heavy atom. The molecule has 0 bridgehead atoms. The molecule has 0 N–H and O–H groups in total. The van der Waals surface area contributed by atoms with Gasteiger partial charge in [-0.3, -0.25) is 4.79 Å². The van der Waals surface area contributed by atoms with Crippen molar-refractivity contribution < 1.29 is 14.3 Å². The van der Waals surface area contributed by atoms with Gasteiger partial charge in [-0.15, -0.1) is 0 Å². The van der Waals surface area contributed by atoms with Gasteiger partial charge in [-0.1, -0.05) is 0 Å². The van der Waals surface area contributed by atoms with E-state index in [0.717, 1.165) is 0 Å². The summed E-state index contributed by atoms with van der Waals surface area (Å²) >= 11 is 3.99. The van der Waals surface area contributed by atoms with E-state index in [1.54, 1.807) is 6.92 Å². The van der Waals surface area contributed by atoms with Crippen molar-refractivity contribution in [3.05, 3.63) is 0 Å². The molecule has 0 radical (unpaired) electrons. The molecule has 1 unspecified atom stereocenters. The molecular formula is C8H13NO3S. The second-order valence-corrected chi connectivity index (χ2v) is 3.09. The number of esters is 1. The van der Waals surface area contributed by atoms with E-state index in [2.05, 4.69) is 12.6 Å². The lowest BCUT2D eigenvalue weighted by Gasteiger charge is -2.20. The molecule has 1 saturated heterocycles. The van der Waals surface area contributed by atoms with Gasteiger partial charge >= 0.3 is 5.97 Å². The fraction of sp³-hybridized carbons (Fsp3) is 0.750. The first kappa shape index (κ1) is 10.4. The molecule has 0 aliphatic carbocycles. The van der Waals surface area contributed by atoms with Crippen LogP contribution < -0.4 is 0 Å². The first-order valence-corrected chi connectivity index (χ1v) is 4.91.